The number of halogens is 2. The Labute approximate surface area is 118 Å². The molecule has 1 N–H and O–H groups in total. The van der Waals surface area contributed by atoms with Crippen molar-refractivity contribution in [3.63, 3.8) is 0 Å². The highest BCUT2D eigenvalue weighted by atomic mass is 19.3. The number of alkyl halides is 2. The Balaban J connectivity index is 2.07. The van der Waals surface area contributed by atoms with E-state index < -0.39 is 6.61 Å². The number of hydrogen-bond donors (Lipinski definition) is 1. The van der Waals surface area contributed by atoms with Gasteiger partial charge in [0, 0.05) is 18.6 Å². The van der Waals surface area contributed by atoms with Gasteiger partial charge in [0.2, 0.25) is 0 Å². The van der Waals surface area contributed by atoms with Crippen LogP contribution in [0.5, 0.6) is 5.75 Å². The molecule has 0 bridgehead atoms. The number of benzene rings is 1. The maximum absolute atomic E-state index is 12.1. The SMILES string of the molecule is CCNC(c1ccc(OC(F)F)cc1)C1CCCOC1. The Morgan fingerprint density at radius 1 is 1.35 bits per heavy atom. The Hall–Kier alpha value is -1.20. The third-order valence-corrected chi connectivity index (χ3v) is 3.56. The van der Waals surface area contributed by atoms with E-state index in [0.29, 0.717) is 5.92 Å². The van der Waals surface area contributed by atoms with E-state index in [2.05, 4.69) is 17.0 Å². The number of rotatable bonds is 6. The van der Waals surface area contributed by atoms with E-state index >= 15 is 0 Å². The van der Waals surface area contributed by atoms with Gasteiger partial charge in [-0.2, -0.15) is 8.78 Å². The molecule has 3 nitrogen and oxygen atoms in total. The van der Waals surface area contributed by atoms with E-state index in [1.165, 1.54) is 0 Å². The fourth-order valence-corrected chi connectivity index (χ4v) is 2.66. The second kappa shape index (κ2) is 7.55. The fourth-order valence-electron chi connectivity index (χ4n) is 2.66. The van der Waals surface area contributed by atoms with Crippen molar-refractivity contribution in [3.8, 4) is 5.75 Å². The van der Waals surface area contributed by atoms with Crippen LogP contribution in [0, 0.1) is 5.92 Å². The molecule has 2 rings (SSSR count). The molecule has 20 heavy (non-hydrogen) atoms. The number of ether oxygens (including phenoxy) is 2. The minimum absolute atomic E-state index is 0.193. The third kappa shape index (κ3) is 4.15. The fraction of sp³-hybridized carbons (Fsp3) is 0.600. The zero-order valence-electron chi connectivity index (χ0n) is 11.6. The van der Waals surface area contributed by atoms with Crippen molar-refractivity contribution in [2.75, 3.05) is 19.8 Å². The Kier molecular flexibility index (Phi) is 5.73. The van der Waals surface area contributed by atoms with Crippen LogP contribution in [0.2, 0.25) is 0 Å². The molecule has 0 aromatic heterocycles. The van der Waals surface area contributed by atoms with Crippen molar-refractivity contribution < 1.29 is 18.3 Å². The molecule has 0 radical (unpaired) electrons. The molecule has 2 unspecified atom stereocenters. The summed E-state index contributed by atoms with van der Waals surface area (Å²) in [4.78, 5) is 0. The maximum Gasteiger partial charge on any atom is 0.387 e. The topological polar surface area (TPSA) is 30.5 Å². The Bertz CT molecular complexity index is 391. The summed E-state index contributed by atoms with van der Waals surface area (Å²) in [6.45, 7) is 1.71. The lowest BCUT2D eigenvalue weighted by Gasteiger charge is -2.31. The van der Waals surface area contributed by atoms with Gasteiger partial charge in [-0.05, 0) is 37.1 Å². The molecule has 1 aliphatic rings. The number of hydrogen-bond acceptors (Lipinski definition) is 3. The summed E-state index contributed by atoms with van der Waals surface area (Å²) in [5.41, 5.74) is 1.09. The van der Waals surface area contributed by atoms with Gasteiger partial charge in [-0.25, -0.2) is 0 Å². The molecule has 0 saturated carbocycles. The molecule has 1 saturated heterocycles. The first-order chi connectivity index (χ1) is 9.70. The average Bonchev–Trinajstić information content (AvgIpc) is 2.46. The second-order valence-corrected chi connectivity index (χ2v) is 4.96. The van der Waals surface area contributed by atoms with Crippen LogP contribution >= 0.6 is 0 Å². The third-order valence-electron chi connectivity index (χ3n) is 3.56. The van der Waals surface area contributed by atoms with Gasteiger partial charge in [-0.15, -0.1) is 0 Å². The van der Waals surface area contributed by atoms with Crippen LogP contribution in [0.15, 0.2) is 24.3 Å². The van der Waals surface area contributed by atoms with Gasteiger partial charge in [0.05, 0.1) is 6.61 Å². The molecule has 112 valence electrons. The summed E-state index contributed by atoms with van der Waals surface area (Å²) in [6, 6.07) is 7.07. The van der Waals surface area contributed by atoms with Crippen molar-refractivity contribution in [3.05, 3.63) is 29.8 Å². The monoisotopic (exact) mass is 285 g/mol. The van der Waals surface area contributed by atoms with Crippen molar-refractivity contribution in [1.82, 2.24) is 5.32 Å². The summed E-state index contributed by atoms with van der Waals surface area (Å²) in [5, 5.41) is 3.46. The standard InChI is InChI=1S/C15H21F2NO2/c1-2-18-14(12-4-3-9-19-10-12)11-5-7-13(8-6-11)20-15(16)17/h5-8,12,14-15,18H,2-4,9-10H2,1H3. The average molecular weight is 285 g/mol. The maximum atomic E-state index is 12.1. The molecule has 0 spiro atoms. The lowest BCUT2D eigenvalue weighted by molar-refractivity contribution is -0.0498. The zero-order chi connectivity index (χ0) is 14.4. The van der Waals surface area contributed by atoms with Crippen LogP contribution in [-0.2, 0) is 4.74 Å². The first-order valence-corrected chi connectivity index (χ1v) is 7.06. The summed E-state index contributed by atoms with van der Waals surface area (Å²) in [6.07, 6.45) is 2.19. The molecule has 1 aliphatic heterocycles. The second-order valence-electron chi connectivity index (χ2n) is 4.96. The summed E-state index contributed by atoms with van der Waals surface area (Å²) >= 11 is 0. The quantitative estimate of drug-likeness (QED) is 0.869. The van der Waals surface area contributed by atoms with Gasteiger partial charge in [0.15, 0.2) is 0 Å². The first kappa shape index (κ1) is 15.2. The molecule has 1 aromatic carbocycles. The van der Waals surface area contributed by atoms with Gasteiger partial charge >= 0.3 is 6.61 Å². The first-order valence-electron chi connectivity index (χ1n) is 7.06. The van der Waals surface area contributed by atoms with E-state index in [0.717, 1.165) is 38.2 Å². The predicted molar refractivity (Wildman–Crippen MR) is 73.0 cm³/mol. The highest BCUT2D eigenvalue weighted by molar-refractivity contribution is 5.29. The van der Waals surface area contributed by atoms with Crippen LogP contribution in [0.3, 0.4) is 0 Å². The normalized spacial score (nSPS) is 20.9. The molecule has 2 atom stereocenters. The van der Waals surface area contributed by atoms with E-state index in [4.69, 9.17) is 4.74 Å². The van der Waals surface area contributed by atoms with Gasteiger partial charge < -0.3 is 14.8 Å². The Morgan fingerprint density at radius 2 is 2.10 bits per heavy atom. The van der Waals surface area contributed by atoms with Crippen molar-refractivity contribution in [2.45, 2.75) is 32.4 Å². The molecule has 0 aliphatic carbocycles. The minimum Gasteiger partial charge on any atom is -0.435 e. The summed E-state index contributed by atoms with van der Waals surface area (Å²) in [5.74, 6) is 0.615. The molecular weight excluding hydrogens is 264 g/mol. The molecule has 1 fully saturated rings. The zero-order valence-corrected chi connectivity index (χ0v) is 11.6. The van der Waals surface area contributed by atoms with E-state index in [9.17, 15) is 8.78 Å². The summed E-state index contributed by atoms with van der Waals surface area (Å²) < 4.78 is 34.2. The molecular formula is C15H21F2NO2. The highest BCUT2D eigenvalue weighted by Crippen LogP contribution is 2.30. The predicted octanol–water partition coefficient (Wildman–Crippen LogP) is 3.37. The van der Waals surface area contributed by atoms with Gasteiger partial charge in [-0.3, -0.25) is 0 Å². The van der Waals surface area contributed by atoms with Gasteiger partial charge in [0.25, 0.3) is 0 Å². The lowest BCUT2D eigenvalue weighted by atomic mass is 9.88. The van der Waals surface area contributed by atoms with Crippen molar-refractivity contribution in [1.29, 1.82) is 0 Å². The van der Waals surface area contributed by atoms with Crippen molar-refractivity contribution >= 4 is 0 Å². The van der Waals surface area contributed by atoms with E-state index in [-0.39, 0.29) is 11.8 Å². The summed E-state index contributed by atoms with van der Waals surface area (Å²) in [7, 11) is 0. The molecule has 0 amide bonds. The molecule has 1 heterocycles. The number of nitrogens with one attached hydrogen (secondary N) is 1. The molecule has 5 heteroatoms. The minimum atomic E-state index is -2.78. The van der Waals surface area contributed by atoms with Gasteiger partial charge in [0.1, 0.15) is 5.75 Å². The van der Waals surface area contributed by atoms with Crippen LogP contribution in [0.4, 0.5) is 8.78 Å². The smallest absolute Gasteiger partial charge is 0.387 e. The van der Waals surface area contributed by atoms with Gasteiger partial charge in [-0.1, -0.05) is 19.1 Å². The van der Waals surface area contributed by atoms with Crippen LogP contribution in [0.1, 0.15) is 31.4 Å². The Morgan fingerprint density at radius 3 is 2.65 bits per heavy atom. The lowest BCUT2D eigenvalue weighted by Crippen LogP contribution is -2.33. The molecule has 1 aromatic rings. The largest absolute Gasteiger partial charge is 0.435 e. The highest BCUT2D eigenvalue weighted by Gasteiger charge is 2.24. The van der Waals surface area contributed by atoms with E-state index in [1.807, 2.05) is 12.1 Å². The van der Waals surface area contributed by atoms with Crippen LogP contribution < -0.4 is 10.1 Å². The van der Waals surface area contributed by atoms with Crippen molar-refractivity contribution in [2.24, 2.45) is 5.92 Å². The van der Waals surface area contributed by atoms with Crippen LogP contribution in [0.25, 0.3) is 0 Å². The van der Waals surface area contributed by atoms with E-state index in [1.54, 1.807) is 12.1 Å². The van der Waals surface area contributed by atoms with Crippen LogP contribution in [-0.4, -0.2) is 26.4 Å².